The van der Waals surface area contributed by atoms with E-state index in [9.17, 15) is 0 Å². The summed E-state index contributed by atoms with van der Waals surface area (Å²) in [6.45, 7) is 7.01. The number of ether oxygens (including phenoxy) is 2. The lowest BCUT2D eigenvalue weighted by molar-refractivity contribution is 0.00154. The highest BCUT2D eigenvalue weighted by Gasteiger charge is 2.30. The minimum atomic E-state index is -0.180. The van der Waals surface area contributed by atoms with Crippen molar-refractivity contribution in [2.75, 3.05) is 6.61 Å². The number of hydrogen-bond donors (Lipinski definition) is 1. The predicted octanol–water partition coefficient (Wildman–Crippen LogP) is 4.75. The number of aromatic nitrogens is 6. The molecule has 2 fully saturated rings. The molecule has 0 amide bonds. The number of nitrogens with two attached hydrogens (primary N) is 1. The van der Waals surface area contributed by atoms with Gasteiger partial charge in [-0.05, 0) is 69.1 Å². The van der Waals surface area contributed by atoms with Gasteiger partial charge in [0.25, 0.3) is 0 Å². The molecule has 1 aliphatic heterocycles. The fourth-order valence-electron chi connectivity index (χ4n) is 5.49. The fraction of sp³-hybridized carbons (Fsp3) is 0.630. The molecule has 36 heavy (non-hydrogen) atoms. The Labute approximate surface area is 213 Å². The Morgan fingerprint density at radius 2 is 1.83 bits per heavy atom. The summed E-state index contributed by atoms with van der Waals surface area (Å²) in [5.41, 5.74) is 8.15. The molecule has 2 aromatic heterocycles. The highest BCUT2D eigenvalue weighted by molar-refractivity contribution is 5.30. The number of rotatable bonds is 7. The first-order valence-corrected chi connectivity index (χ1v) is 13.3. The largest absolute Gasteiger partial charge is 0.483 e. The van der Waals surface area contributed by atoms with Crippen LogP contribution in [0.5, 0.6) is 5.75 Å². The van der Waals surface area contributed by atoms with Crippen molar-refractivity contribution in [3.63, 3.8) is 0 Å². The van der Waals surface area contributed by atoms with Crippen molar-refractivity contribution in [2.45, 2.75) is 95.4 Å². The molecular weight excluding hydrogens is 454 g/mol. The van der Waals surface area contributed by atoms with Crippen molar-refractivity contribution in [1.82, 2.24) is 29.8 Å². The maximum atomic E-state index is 6.25. The summed E-state index contributed by atoms with van der Waals surface area (Å²) in [7, 11) is 2.06. The SMILES string of the molecule is CC(C)c1cccc(OC(C)c2nnc([C@H]3CC[C@H](n4cc(C5CC[C@H](N)CO5)nn4)CC3)n2C)c1. The molecule has 0 radical (unpaired) electrons. The molecule has 1 saturated carbocycles. The Hall–Kier alpha value is -2.78. The summed E-state index contributed by atoms with van der Waals surface area (Å²) in [5, 5.41) is 18.0. The predicted molar refractivity (Wildman–Crippen MR) is 137 cm³/mol. The molecule has 2 unspecified atom stereocenters. The quantitative estimate of drug-likeness (QED) is 0.506. The first-order chi connectivity index (χ1) is 17.4. The van der Waals surface area contributed by atoms with Gasteiger partial charge in [-0.25, -0.2) is 4.68 Å². The van der Waals surface area contributed by atoms with Crippen LogP contribution in [0.25, 0.3) is 0 Å². The molecule has 3 atom stereocenters. The van der Waals surface area contributed by atoms with Gasteiger partial charge in [0.1, 0.15) is 23.4 Å². The summed E-state index contributed by atoms with van der Waals surface area (Å²) < 4.78 is 16.3. The first kappa shape index (κ1) is 24.9. The fourth-order valence-corrected chi connectivity index (χ4v) is 5.49. The van der Waals surface area contributed by atoms with Gasteiger partial charge in [0.15, 0.2) is 11.9 Å². The maximum Gasteiger partial charge on any atom is 0.173 e. The highest BCUT2D eigenvalue weighted by atomic mass is 16.5. The third-order valence-corrected chi connectivity index (χ3v) is 7.75. The summed E-state index contributed by atoms with van der Waals surface area (Å²) in [6.07, 6.45) is 7.96. The third-order valence-electron chi connectivity index (χ3n) is 7.75. The van der Waals surface area contributed by atoms with Crippen LogP contribution in [0.3, 0.4) is 0 Å². The van der Waals surface area contributed by atoms with Gasteiger partial charge in [0.2, 0.25) is 0 Å². The van der Waals surface area contributed by atoms with E-state index in [0.717, 1.165) is 61.6 Å². The van der Waals surface area contributed by atoms with Gasteiger partial charge in [0, 0.05) is 19.0 Å². The minimum absolute atomic E-state index is 0.0176. The molecule has 0 bridgehead atoms. The lowest BCUT2D eigenvalue weighted by atomic mass is 9.85. The topological polar surface area (TPSA) is 106 Å². The van der Waals surface area contributed by atoms with E-state index < -0.39 is 0 Å². The minimum Gasteiger partial charge on any atom is -0.483 e. The molecule has 3 heterocycles. The van der Waals surface area contributed by atoms with Gasteiger partial charge in [-0.1, -0.05) is 31.2 Å². The molecule has 194 valence electrons. The van der Waals surface area contributed by atoms with E-state index >= 15 is 0 Å². The summed E-state index contributed by atoms with van der Waals surface area (Å²) >= 11 is 0. The Morgan fingerprint density at radius 1 is 1.03 bits per heavy atom. The van der Waals surface area contributed by atoms with Crippen LogP contribution in [0.2, 0.25) is 0 Å². The molecule has 1 saturated heterocycles. The van der Waals surface area contributed by atoms with E-state index in [-0.39, 0.29) is 18.2 Å². The van der Waals surface area contributed by atoms with Crippen LogP contribution in [0.1, 0.15) is 112 Å². The van der Waals surface area contributed by atoms with E-state index in [0.29, 0.717) is 24.5 Å². The zero-order valence-electron chi connectivity index (χ0n) is 21.9. The average molecular weight is 494 g/mol. The molecule has 1 aliphatic carbocycles. The summed E-state index contributed by atoms with van der Waals surface area (Å²) in [5.74, 6) is 3.61. The summed E-state index contributed by atoms with van der Waals surface area (Å²) in [6, 6.07) is 8.80. The van der Waals surface area contributed by atoms with Crippen LogP contribution in [0, 0.1) is 0 Å². The molecule has 9 nitrogen and oxygen atoms in total. The van der Waals surface area contributed by atoms with Gasteiger partial charge in [0.05, 0.1) is 18.8 Å². The molecule has 0 spiro atoms. The van der Waals surface area contributed by atoms with Gasteiger partial charge in [-0.2, -0.15) is 0 Å². The number of benzene rings is 1. The lowest BCUT2D eigenvalue weighted by Crippen LogP contribution is -2.32. The Kier molecular flexibility index (Phi) is 7.39. The van der Waals surface area contributed by atoms with Crippen molar-refractivity contribution < 1.29 is 9.47 Å². The number of nitrogens with zero attached hydrogens (tertiary/aromatic N) is 6. The lowest BCUT2D eigenvalue weighted by Gasteiger charge is -2.28. The zero-order chi connectivity index (χ0) is 25.2. The average Bonchev–Trinajstić information content (AvgIpc) is 3.52. The van der Waals surface area contributed by atoms with Crippen molar-refractivity contribution in [2.24, 2.45) is 12.8 Å². The van der Waals surface area contributed by atoms with Gasteiger partial charge in [-0.3, -0.25) is 0 Å². The molecule has 2 aliphatic rings. The Bertz CT molecular complexity index is 1140. The Morgan fingerprint density at radius 3 is 2.56 bits per heavy atom. The molecule has 9 heteroatoms. The molecular formula is C27H39N7O2. The van der Waals surface area contributed by atoms with Crippen LogP contribution in [-0.2, 0) is 11.8 Å². The van der Waals surface area contributed by atoms with Gasteiger partial charge < -0.3 is 19.8 Å². The van der Waals surface area contributed by atoms with E-state index in [2.05, 4.69) is 64.3 Å². The van der Waals surface area contributed by atoms with Gasteiger partial charge in [-0.15, -0.1) is 15.3 Å². The van der Waals surface area contributed by atoms with Crippen LogP contribution in [-0.4, -0.2) is 42.4 Å². The van der Waals surface area contributed by atoms with Crippen LogP contribution in [0.4, 0.5) is 0 Å². The second-order valence-corrected chi connectivity index (χ2v) is 10.8. The second-order valence-electron chi connectivity index (χ2n) is 10.8. The van der Waals surface area contributed by atoms with Crippen molar-refractivity contribution >= 4 is 0 Å². The van der Waals surface area contributed by atoms with Crippen molar-refractivity contribution in [3.05, 3.63) is 53.4 Å². The molecule has 2 N–H and O–H groups in total. The van der Waals surface area contributed by atoms with Crippen LogP contribution in [0.15, 0.2) is 30.5 Å². The van der Waals surface area contributed by atoms with E-state index in [1.165, 1.54) is 5.56 Å². The van der Waals surface area contributed by atoms with Crippen LogP contribution < -0.4 is 10.5 Å². The van der Waals surface area contributed by atoms with Crippen LogP contribution >= 0.6 is 0 Å². The normalized spacial score (nSPS) is 25.7. The zero-order valence-corrected chi connectivity index (χ0v) is 21.9. The second kappa shape index (κ2) is 10.7. The van der Waals surface area contributed by atoms with Crippen molar-refractivity contribution in [3.8, 4) is 5.75 Å². The Balaban J connectivity index is 1.19. The monoisotopic (exact) mass is 493 g/mol. The number of hydrogen-bond acceptors (Lipinski definition) is 7. The maximum absolute atomic E-state index is 6.25. The third kappa shape index (κ3) is 5.32. The molecule has 3 aromatic rings. The smallest absolute Gasteiger partial charge is 0.173 e. The standard InChI is InChI=1S/C27H39N7O2/c1-17(2)20-6-5-7-23(14-20)36-18(3)26-30-31-27(33(26)4)19-8-11-22(12-9-19)34-15-24(29-32-34)25-13-10-21(28)16-35-25/h5-7,14-15,17-19,21-22,25H,8-13,16,28H2,1-4H3/t18?,19-,21-,22-,25?/m0/s1. The first-order valence-electron chi connectivity index (χ1n) is 13.3. The molecule has 1 aromatic carbocycles. The molecule has 5 rings (SSSR count). The van der Waals surface area contributed by atoms with E-state index in [4.69, 9.17) is 15.2 Å². The van der Waals surface area contributed by atoms with E-state index in [1.807, 2.05) is 23.7 Å². The van der Waals surface area contributed by atoms with E-state index in [1.54, 1.807) is 0 Å². The van der Waals surface area contributed by atoms with Gasteiger partial charge >= 0.3 is 0 Å². The summed E-state index contributed by atoms with van der Waals surface area (Å²) in [4.78, 5) is 0. The highest BCUT2D eigenvalue weighted by Crippen LogP contribution is 2.38. The van der Waals surface area contributed by atoms with Crippen molar-refractivity contribution in [1.29, 1.82) is 0 Å².